The summed E-state index contributed by atoms with van der Waals surface area (Å²) in [6.07, 6.45) is 10.6. The van der Waals surface area contributed by atoms with Crippen molar-refractivity contribution >= 4 is 17.7 Å². The van der Waals surface area contributed by atoms with E-state index in [0.717, 1.165) is 44.1 Å². The van der Waals surface area contributed by atoms with Gasteiger partial charge >= 0.3 is 0 Å². The van der Waals surface area contributed by atoms with E-state index in [2.05, 4.69) is 10.6 Å². The summed E-state index contributed by atoms with van der Waals surface area (Å²) in [4.78, 5) is 42.4. The lowest BCUT2D eigenvalue weighted by Crippen LogP contribution is -2.56. The Hall–Kier alpha value is -2.67. The highest BCUT2D eigenvalue weighted by molar-refractivity contribution is 6.00. The average Bonchev–Trinajstić information content (AvgIpc) is 3.37. The average molecular weight is 450 g/mol. The maximum Gasteiger partial charge on any atom is 0.246 e. The predicted octanol–water partition coefficient (Wildman–Crippen LogP) is 2.06. The fourth-order valence-electron chi connectivity index (χ4n) is 6.27. The number of hydrogen-bond donors (Lipinski definition) is 2. The Morgan fingerprint density at radius 2 is 1.67 bits per heavy atom. The minimum absolute atomic E-state index is 0.125. The van der Waals surface area contributed by atoms with Gasteiger partial charge in [0, 0.05) is 18.6 Å². The predicted molar refractivity (Wildman–Crippen MR) is 121 cm³/mol. The maximum absolute atomic E-state index is 13.9. The van der Waals surface area contributed by atoms with E-state index < -0.39 is 29.6 Å². The Morgan fingerprint density at radius 3 is 2.39 bits per heavy atom. The number of benzene rings is 1. The maximum atomic E-state index is 13.9. The first-order valence-electron chi connectivity index (χ1n) is 12.4. The van der Waals surface area contributed by atoms with Gasteiger partial charge in [-0.3, -0.25) is 14.4 Å². The molecule has 1 aromatic carbocycles. The molecule has 33 heavy (non-hydrogen) atoms. The van der Waals surface area contributed by atoms with Gasteiger partial charge in [-0.2, -0.15) is 0 Å². The fraction of sp³-hybridized carbons (Fsp3) is 0.577. The zero-order valence-electron chi connectivity index (χ0n) is 18.7. The van der Waals surface area contributed by atoms with Crippen molar-refractivity contribution in [1.82, 2.24) is 15.5 Å². The van der Waals surface area contributed by atoms with Crippen molar-refractivity contribution in [3.8, 4) is 0 Å². The Bertz CT molecular complexity index is 985. The summed E-state index contributed by atoms with van der Waals surface area (Å²) < 4.78 is 6.39. The first-order chi connectivity index (χ1) is 16.1. The van der Waals surface area contributed by atoms with Gasteiger partial charge in [-0.25, -0.2) is 0 Å². The molecule has 7 nitrogen and oxygen atoms in total. The summed E-state index contributed by atoms with van der Waals surface area (Å²) in [5.41, 5.74) is -0.129. The molecule has 2 N–H and O–H groups in total. The van der Waals surface area contributed by atoms with Gasteiger partial charge in [-0.05, 0) is 31.2 Å². The molecule has 7 heteroatoms. The number of amides is 3. The van der Waals surface area contributed by atoms with Crippen LogP contribution in [0.25, 0.3) is 0 Å². The third-order valence-electron chi connectivity index (χ3n) is 8.00. The summed E-state index contributed by atoms with van der Waals surface area (Å²) in [6.45, 7) is 0.319. The number of nitrogens with one attached hydrogen (secondary N) is 2. The molecule has 1 spiro atoms. The van der Waals surface area contributed by atoms with Crippen LogP contribution in [0.2, 0.25) is 0 Å². The monoisotopic (exact) mass is 449 g/mol. The minimum atomic E-state index is -1.08. The third-order valence-corrected chi connectivity index (χ3v) is 8.00. The van der Waals surface area contributed by atoms with Gasteiger partial charge in [0.25, 0.3) is 0 Å². The molecule has 0 aromatic heterocycles. The molecular formula is C26H31N3O4. The second-order valence-electron chi connectivity index (χ2n) is 10.3. The van der Waals surface area contributed by atoms with Crippen molar-refractivity contribution in [1.29, 1.82) is 0 Å². The van der Waals surface area contributed by atoms with E-state index in [9.17, 15) is 14.4 Å². The number of hydrogen-bond acceptors (Lipinski definition) is 4. The molecule has 4 fully saturated rings. The number of carbonyl (C=O) groups excluding carboxylic acids is 3. The molecule has 2 aliphatic carbocycles. The smallest absolute Gasteiger partial charge is 0.246 e. The SMILES string of the molecule is O=C(NC1CC1)[C@H]1[C@H]2C=C[C@]3(O2)[C@H]1C(=O)N(Cc1ccccc1)[C@@H]3C(=O)NC1CCCCC1. The number of rotatable bonds is 6. The largest absolute Gasteiger partial charge is 0.359 e. The fourth-order valence-corrected chi connectivity index (χ4v) is 6.27. The molecule has 5 aliphatic rings. The summed E-state index contributed by atoms with van der Waals surface area (Å²) in [5.74, 6) is -1.71. The van der Waals surface area contributed by atoms with Gasteiger partial charge in [0.15, 0.2) is 0 Å². The normalized spacial score (nSPS) is 35.0. The number of fused-ring (bicyclic) bond motifs is 1. The lowest BCUT2D eigenvalue weighted by molar-refractivity contribution is -0.142. The quantitative estimate of drug-likeness (QED) is 0.651. The van der Waals surface area contributed by atoms with E-state index in [-0.39, 0.29) is 29.8 Å². The van der Waals surface area contributed by atoms with Crippen molar-refractivity contribution in [3.05, 3.63) is 48.0 Å². The molecular weight excluding hydrogens is 418 g/mol. The van der Waals surface area contributed by atoms with Crippen LogP contribution >= 0.6 is 0 Å². The molecule has 2 saturated carbocycles. The molecule has 3 heterocycles. The van der Waals surface area contributed by atoms with E-state index in [1.807, 2.05) is 42.5 Å². The van der Waals surface area contributed by atoms with Crippen molar-refractivity contribution < 1.29 is 19.1 Å². The van der Waals surface area contributed by atoms with Crippen molar-refractivity contribution in [3.63, 3.8) is 0 Å². The summed E-state index contributed by atoms with van der Waals surface area (Å²) in [5, 5.41) is 6.29. The van der Waals surface area contributed by atoms with Gasteiger partial charge in [0.2, 0.25) is 17.7 Å². The van der Waals surface area contributed by atoms with Crippen molar-refractivity contribution in [2.24, 2.45) is 11.8 Å². The number of carbonyl (C=O) groups is 3. The Morgan fingerprint density at radius 1 is 0.970 bits per heavy atom. The van der Waals surface area contributed by atoms with E-state index in [1.54, 1.807) is 4.90 Å². The van der Waals surface area contributed by atoms with Crippen LogP contribution in [-0.2, 0) is 25.7 Å². The summed E-state index contributed by atoms with van der Waals surface area (Å²) in [6, 6.07) is 9.27. The Kier molecular flexibility index (Phi) is 5.05. The minimum Gasteiger partial charge on any atom is -0.359 e. The van der Waals surface area contributed by atoms with E-state index in [1.165, 1.54) is 6.42 Å². The summed E-state index contributed by atoms with van der Waals surface area (Å²) >= 11 is 0. The van der Waals surface area contributed by atoms with Crippen molar-refractivity contribution in [2.45, 2.75) is 81.3 Å². The molecule has 0 radical (unpaired) electrons. The highest BCUT2D eigenvalue weighted by atomic mass is 16.5. The number of nitrogens with zero attached hydrogens (tertiary/aromatic N) is 1. The second kappa shape index (κ2) is 7.97. The second-order valence-corrected chi connectivity index (χ2v) is 10.3. The van der Waals surface area contributed by atoms with Gasteiger partial charge < -0.3 is 20.3 Å². The molecule has 3 aliphatic heterocycles. The van der Waals surface area contributed by atoms with Gasteiger partial charge in [-0.15, -0.1) is 0 Å². The highest BCUT2D eigenvalue weighted by Gasteiger charge is 2.72. The zero-order chi connectivity index (χ0) is 22.6. The Balaban J connectivity index is 1.33. The third kappa shape index (κ3) is 3.48. The highest BCUT2D eigenvalue weighted by Crippen LogP contribution is 2.55. The van der Waals surface area contributed by atoms with Gasteiger partial charge in [0.05, 0.1) is 17.9 Å². The molecule has 1 aromatic rings. The van der Waals surface area contributed by atoms with Crippen LogP contribution < -0.4 is 10.6 Å². The molecule has 3 amide bonds. The van der Waals surface area contributed by atoms with Crippen LogP contribution in [0.5, 0.6) is 0 Å². The van der Waals surface area contributed by atoms with Crippen molar-refractivity contribution in [2.75, 3.05) is 0 Å². The molecule has 174 valence electrons. The molecule has 2 bridgehead atoms. The molecule has 0 unspecified atom stereocenters. The van der Waals surface area contributed by atoms with E-state index in [0.29, 0.717) is 6.54 Å². The first-order valence-corrected chi connectivity index (χ1v) is 12.4. The lowest BCUT2D eigenvalue weighted by Gasteiger charge is -2.34. The number of likely N-dealkylation sites (tertiary alicyclic amines) is 1. The van der Waals surface area contributed by atoms with Gasteiger partial charge in [0.1, 0.15) is 11.6 Å². The van der Waals surface area contributed by atoms with Crippen LogP contribution in [0.3, 0.4) is 0 Å². The standard InChI is InChI=1S/C26H31N3O4/c30-23(27-18-11-12-18)20-19-13-14-26(33-19)21(20)25(32)29(15-16-7-3-1-4-8-16)22(26)24(31)28-17-9-5-2-6-10-17/h1,3-4,7-8,13-14,17-22H,2,5-6,9-12,15H2,(H,27,30)(H,28,31)/t19-,20+,21-,22-,26+/m1/s1. The first kappa shape index (κ1) is 20.9. The van der Waals surface area contributed by atoms with Crippen LogP contribution in [0.15, 0.2) is 42.5 Å². The summed E-state index contributed by atoms with van der Waals surface area (Å²) in [7, 11) is 0. The van der Waals surface area contributed by atoms with Crippen LogP contribution in [0.1, 0.15) is 50.5 Å². The van der Waals surface area contributed by atoms with E-state index >= 15 is 0 Å². The Labute approximate surface area is 193 Å². The topological polar surface area (TPSA) is 87.7 Å². The zero-order valence-corrected chi connectivity index (χ0v) is 18.7. The molecule has 6 rings (SSSR count). The number of ether oxygens (including phenoxy) is 1. The molecule has 2 saturated heterocycles. The lowest BCUT2D eigenvalue weighted by atomic mass is 9.74. The van der Waals surface area contributed by atoms with Crippen LogP contribution in [-0.4, -0.2) is 52.5 Å². The van der Waals surface area contributed by atoms with E-state index in [4.69, 9.17) is 4.74 Å². The van der Waals surface area contributed by atoms with Crippen LogP contribution in [0.4, 0.5) is 0 Å². The van der Waals surface area contributed by atoms with Crippen LogP contribution in [0, 0.1) is 11.8 Å². The van der Waals surface area contributed by atoms with Gasteiger partial charge in [-0.1, -0.05) is 61.7 Å². The molecule has 5 atom stereocenters.